The van der Waals surface area contributed by atoms with Gasteiger partial charge in [-0.05, 0) is 12.5 Å². The fourth-order valence-electron chi connectivity index (χ4n) is 2.08. The van der Waals surface area contributed by atoms with Gasteiger partial charge in [-0.1, -0.05) is 6.07 Å². The van der Waals surface area contributed by atoms with Gasteiger partial charge in [0, 0.05) is 37.9 Å². The SMILES string of the molecule is COc1ccc(CN2CCOC(C(C)N)C2)cn1. The maximum absolute atomic E-state index is 5.88. The van der Waals surface area contributed by atoms with E-state index < -0.39 is 0 Å². The first-order valence-electron chi connectivity index (χ1n) is 6.27. The van der Waals surface area contributed by atoms with Crippen LogP contribution < -0.4 is 10.5 Å². The summed E-state index contributed by atoms with van der Waals surface area (Å²) in [5.41, 5.74) is 7.06. The number of hydrogen-bond donors (Lipinski definition) is 1. The minimum Gasteiger partial charge on any atom is -0.481 e. The highest BCUT2D eigenvalue weighted by Gasteiger charge is 2.23. The van der Waals surface area contributed by atoms with E-state index in [1.54, 1.807) is 7.11 Å². The molecule has 2 N–H and O–H groups in total. The van der Waals surface area contributed by atoms with Crippen molar-refractivity contribution in [1.82, 2.24) is 9.88 Å². The Morgan fingerprint density at radius 3 is 3.06 bits per heavy atom. The van der Waals surface area contributed by atoms with Crippen LogP contribution in [0.2, 0.25) is 0 Å². The standard InChI is InChI=1S/C13H21N3O2/c1-10(14)12-9-16(5-6-18-12)8-11-3-4-13(17-2)15-7-11/h3-4,7,10,12H,5-6,8-9,14H2,1-2H3. The summed E-state index contributed by atoms with van der Waals surface area (Å²) in [6.45, 7) is 5.43. The third kappa shape index (κ3) is 3.41. The quantitative estimate of drug-likeness (QED) is 0.851. The van der Waals surface area contributed by atoms with Crippen LogP contribution in [0.3, 0.4) is 0 Å². The lowest BCUT2D eigenvalue weighted by atomic mass is 10.1. The maximum atomic E-state index is 5.88. The second kappa shape index (κ2) is 6.13. The molecule has 5 heteroatoms. The van der Waals surface area contributed by atoms with Gasteiger partial charge in [0.05, 0.1) is 19.8 Å². The van der Waals surface area contributed by atoms with Crippen molar-refractivity contribution in [3.05, 3.63) is 23.9 Å². The highest BCUT2D eigenvalue weighted by Crippen LogP contribution is 2.13. The highest BCUT2D eigenvalue weighted by atomic mass is 16.5. The minimum atomic E-state index is 0.0711. The van der Waals surface area contributed by atoms with E-state index in [9.17, 15) is 0 Å². The van der Waals surface area contributed by atoms with Gasteiger partial charge in [0.25, 0.3) is 0 Å². The number of rotatable bonds is 4. The Bertz CT molecular complexity index is 367. The molecule has 2 heterocycles. The zero-order valence-corrected chi connectivity index (χ0v) is 11.0. The molecule has 1 saturated heterocycles. The molecule has 2 rings (SSSR count). The maximum Gasteiger partial charge on any atom is 0.212 e. The summed E-state index contributed by atoms with van der Waals surface area (Å²) in [7, 11) is 1.62. The second-order valence-electron chi connectivity index (χ2n) is 4.71. The Kier molecular flexibility index (Phi) is 4.52. The van der Waals surface area contributed by atoms with E-state index in [-0.39, 0.29) is 12.1 Å². The van der Waals surface area contributed by atoms with Gasteiger partial charge in [-0.15, -0.1) is 0 Å². The number of ether oxygens (including phenoxy) is 2. The summed E-state index contributed by atoms with van der Waals surface area (Å²) in [5.74, 6) is 0.647. The van der Waals surface area contributed by atoms with Gasteiger partial charge >= 0.3 is 0 Å². The average molecular weight is 251 g/mol. The predicted octanol–water partition coefficient (Wildman–Crippen LogP) is 0.638. The highest BCUT2D eigenvalue weighted by molar-refractivity contribution is 5.17. The van der Waals surface area contributed by atoms with Crippen LogP contribution in [0, 0.1) is 0 Å². The van der Waals surface area contributed by atoms with Crippen LogP contribution in [0.15, 0.2) is 18.3 Å². The normalized spacial score (nSPS) is 22.7. The first-order valence-corrected chi connectivity index (χ1v) is 6.27. The van der Waals surface area contributed by atoms with Crippen LogP contribution in [-0.2, 0) is 11.3 Å². The Labute approximate surface area is 108 Å². The third-order valence-electron chi connectivity index (χ3n) is 3.18. The van der Waals surface area contributed by atoms with Crippen LogP contribution in [-0.4, -0.2) is 48.8 Å². The van der Waals surface area contributed by atoms with Crippen molar-refractivity contribution in [3.8, 4) is 5.88 Å². The average Bonchev–Trinajstić information content (AvgIpc) is 2.40. The lowest BCUT2D eigenvalue weighted by Crippen LogP contribution is -2.49. The predicted molar refractivity (Wildman–Crippen MR) is 69.5 cm³/mol. The summed E-state index contributed by atoms with van der Waals surface area (Å²) in [4.78, 5) is 6.56. The molecular weight excluding hydrogens is 230 g/mol. The van der Waals surface area contributed by atoms with Crippen molar-refractivity contribution in [2.24, 2.45) is 5.73 Å². The molecule has 0 aromatic carbocycles. The van der Waals surface area contributed by atoms with Gasteiger partial charge in [-0.2, -0.15) is 0 Å². The molecule has 1 aliphatic rings. The molecule has 18 heavy (non-hydrogen) atoms. The molecule has 0 aliphatic carbocycles. The van der Waals surface area contributed by atoms with Crippen molar-refractivity contribution in [1.29, 1.82) is 0 Å². The number of pyridine rings is 1. The van der Waals surface area contributed by atoms with E-state index in [2.05, 4.69) is 9.88 Å². The fraction of sp³-hybridized carbons (Fsp3) is 0.615. The molecule has 1 aromatic heterocycles. The summed E-state index contributed by atoms with van der Waals surface area (Å²) in [6.07, 6.45) is 1.99. The van der Waals surface area contributed by atoms with Crippen molar-refractivity contribution >= 4 is 0 Å². The number of morpholine rings is 1. The van der Waals surface area contributed by atoms with Crippen molar-refractivity contribution in [2.75, 3.05) is 26.8 Å². The van der Waals surface area contributed by atoms with Gasteiger partial charge in [0.1, 0.15) is 0 Å². The summed E-state index contributed by atoms with van der Waals surface area (Å²) in [6, 6.07) is 4.00. The molecule has 5 nitrogen and oxygen atoms in total. The molecule has 0 saturated carbocycles. The molecule has 2 unspecified atom stereocenters. The van der Waals surface area contributed by atoms with E-state index >= 15 is 0 Å². The number of nitrogens with two attached hydrogens (primary N) is 1. The molecule has 0 radical (unpaired) electrons. The van der Waals surface area contributed by atoms with Gasteiger partial charge in [-0.3, -0.25) is 4.90 Å². The second-order valence-corrected chi connectivity index (χ2v) is 4.71. The van der Waals surface area contributed by atoms with Crippen LogP contribution in [0.5, 0.6) is 5.88 Å². The topological polar surface area (TPSA) is 60.6 Å². The number of aromatic nitrogens is 1. The van der Waals surface area contributed by atoms with Gasteiger partial charge in [0.15, 0.2) is 0 Å². The first kappa shape index (κ1) is 13.3. The largest absolute Gasteiger partial charge is 0.481 e. The molecule has 1 fully saturated rings. The fourth-order valence-corrected chi connectivity index (χ4v) is 2.08. The molecule has 1 aromatic rings. The summed E-state index contributed by atoms with van der Waals surface area (Å²) in [5, 5.41) is 0. The zero-order chi connectivity index (χ0) is 13.0. The molecular formula is C13H21N3O2. The molecule has 0 spiro atoms. The summed E-state index contributed by atoms with van der Waals surface area (Å²) >= 11 is 0. The van der Waals surface area contributed by atoms with E-state index in [0.29, 0.717) is 5.88 Å². The first-order chi connectivity index (χ1) is 8.69. The molecule has 100 valence electrons. The Morgan fingerprint density at radius 1 is 1.61 bits per heavy atom. The molecule has 0 bridgehead atoms. The van der Waals surface area contributed by atoms with E-state index in [1.165, 1.54) is 5.56 Å². The lowest BCUT2D eigenvalue weighted by molar-refractivity contribution is -0.0403. The van der Waals surface area contributed by atoms with Crippen molar-refractivity contribution in [2.45, 2.75) is 25.6 Å². The number of nitrogens with zero attached hydrogens (tertiary/aromatic N) is 2. The third-order valence-corrected chi connectivity index (χ3v) is 3.18. The Hall–Kier alpha value is -1.17. The van der Waals surface area contributed by atoms with Crippen molar-refractivity contribution in [3.63, 3.8) is 0 Å². The number of hydrogen-bond acceptors (Lipinski definition) is 5. The minimum absolute atomic E-state index is 0.0711. The lowest BCUT2D eigenvalue weighted by Gasteiger charge is -2.34. The van der Waals surface area contributed by atoms with Crippen LogP contribution >= 0.6 is 0 Å². The Balaban J connectivity index is 1.91. The molecule has 0 amide bonds. The Morgan fingerprint density at radius 2 is 2.44 bits per heavy atom. The smallest absolute Gasteiger partial charge is 0.212 e. The van der Waals surface area contributed by atoms with Crippen LogP contribution in [0.4, 0.5) is 0 Å². The van der Waals surface area contributed by atoms with Crippen LogP contribution in [0.25, 0.3) is 0 Å². The van der Waals surface area contributed by atoms with E-state index in [4.69, 9.17) is 15.2 Å². The monoisotopic (exact) mass is 251 g/mol. The van der Waals surface area contributed by atoms with Gasteiger partial charge in [-0.25, -0.2) is 4.98 Å². The molecule has 1 aliphatic heterocycles. The van der Waals surface area contributed by atoms with Gasteiger partial charge < -0.3 is 15.2 Å². The summed E-state index contributed by atoms with van der Waals surface area (Å²) < 4.78 is 10.7. The number of methoxy groups -OCH3 is 1. The molecule has 2 atom stereocenters. The zero-order valence-electron chi connectivity index (χ0n) is 11.0. The van der Waals surface area contributed by atoms with E-state index in [1.807, 2.05) is 25.3 Å². The van der Waals surface area contributed by atoms with Crippen LogP contribution in [0.1, 0.15) is 12.5 Å². The van der Waals surface area contributed by atoms with Gasteiger partial charge in [0.2, 0.25) is 5.88 Å². The van der Waals surface area contributed by atoms with Crippen molar-refractivity contribution < 1.29 is 9.47 Å². The van der Waals surface area contributed by atoms with E-state index in [0.717, 1.165) is 26.2 Å².